The van der Waals surface area contributed by atoms with Crippen LogP contribution in [0.3, 0.4) is 0 Å². The molecule has 12 nitrogen and oxygen atoms in total. The van der Waals surface area contributed by atoms with Crippen molar-refractivity contribution in [1.29, 1.82) is 10.7 Å². The molecule has 0 saturated heterocycles. The lowest BCUT2D eigenvalue weighted by Gasteiger charge is -2.36. The average Bonchev–Trinajstić information content (AvgIpc) is 3.22. The Bertz CT molecular complexity index is 1540. The molecule has 228 valence electrons. The molecule has 4 rings (SSSR count). The van der Waals surface area contributed by atoms with Crippen molar-refractivity contribution in [3.63, 3.8) is 0 Å². The number of amidine groups is 1. The summed E-state index contributed by atoms with van der Waals surface area (Å²) in [5.74, 6) is -1.85. The third kappa shape index (κ3) is 6.49. The van der Waals surface area contributed by atoms with Crippen molar-refractivity contribution in [3.05, 3.63) is 52.1 Å². The molecule has 0 saturated carbocycles. The van der Waals surface area contributed by atoms with E-state index in [2.05, 4.69) is 5.32 Å². The molecule has 0 spiro atoms. The van der Waals surface area contributed by atoms with Gasteiger partial charge >= 0.3 is 5.97 Å². The molecule has 0 radical (unpaired) electrons. The number of nitrogens with zero attached hydrogens (tertiary/aromatic N) is 3. The Morgan fingerprint density at radius 1 is 1.23 bits per heavy atom. The second-order valence-electron chi connectivity index (χ2n) is 11.1. The number of carboxylic acid groups (broad SMARTS) is 1. The molecule has 0 aromatic heterocycles. The van der Waals surface area contributed by atoms with E-state index in [0.717, 1.165) is 10.5 Å². The highest BCUT2D eigenvalue weighted by Gasteiger charge is 2.39. The number of aliphatic carboxylic acids is 1. The maximum absolute atomic E-state index is 13.7. The zero-order valence-corrected chi connectivity index (χ0v) is 26.3. The van der Waals surface area contributed by atoms with Crippen molar-refractivity contribution in [2.24, 2.45) is 0 Å². The van der Waals surface area contributed by atoms with E-state index in [1.165, 1.54) is 13.1 Å². The van der Waals surface area contributed by atoms with Crippen molar-refractivity contribution < 1.29 is 33.8 Å². The van der Waals surface area contributed by atoms with Crippen LogP contribution in [0.1, 0.15) is 71.5 Å². The zero-order chi connectivity index (χ0) is 30.9. The molecule has 2 aromatic rings. The first-order chi connectivity index (χ1) is 19.8. The quantitative estimate of drug-likeness (QED) is 0.270. The number of carboxylic acids is 1. The van der Waals surface area contributed by atoms with Crippen LogP contribution in [0.4, 0.5) is 5.69 Å². The molecule has 0 aliphatic carbocycles. The SMILES string of the molecule is Br.CCOc1cc2c(cc1C(=O)NC)C(=N)N(CC(=O)c1cc3c(c(C(C)(C)C)c1)OC(CC(=O)O)C(=O)N3CC#N)C2. The largest absolute Gasteiger partial charge is 0.493 e. The number of halogens is 1. The summed E-state index contributed by atoms with van der Waals surface area (Å²) in [6.45, 7) is 7.57. The Morgan fingerprint density at radius 2 is 1.93 bits per heavy atom. The van der Waals surface area contributed by atoms with Gasteiger partial charge in [-0.3, -0.25) is 29.5 Å². The molecule has 2 aromatic carbocycles. The molecule has 0 bridgehead atoms. The second kappa shape index (κ2) is 12.8. The number of benzene rings is 2. The minimum atomic E-state index is -1.31. The van der Waals surface area contributed by atoms with E-state index in [0.29, 0.717) is 29.0 Å². The molecule has 2 aliphatic rings. The summed E-state index contributed by atoms with van der Waals surface area (Å²) >= 11 is 0. The fourth-order valence-corrected chi connectivity index (χ4v) is 5.08. The average molecular weight is 657 g/mol. The lowest BCUT2D eigenvalue weighted by molar-refractivity contribution is -0.142. The topological polar surface area (TPSA) is 173 Å². The number of anilines is 1. The highest BCUT2D eigenvalue weighted by atomic mass is 79.9. The summed E-state index contributed by atoms with van der Waals surface area (Å²) < 4.78 is 11.6. The molecular weight excluding hydrogens is 622 g/mol. The lowest BCUT2D eigenvalue weighted by Crippen LogP contribution is -2.47. The Hall–Kier alpha value is -4.44. The van der Waals surface area contributed by atoms with Gasteiger partial charge in [-0.25, -0.2) is 0 Å². The molecule has 2 amide bonds. The van der Waals surface area contributed by atoms with E-state index in [-0.39, 0.29) is 71.1 Å². The number of ketones is 1. The fourth-order valence-electron chi connectivity index (χ4n) is 5.08. The normalized spacial score (nSPS) is 15.5. The van der Waals surface area contributed by atoms with Crippen LogP contribution in [0.5, 0.6) is 11.5 Å². The summed E-state index contributed by atoms with van der Waals surface area (Å²) in [6, 6.07) is 8.38. The van der Waals surface area contributed by atoms with E-state index >= 15 is 0 Å². The Kier molecular flexibility index (Phi) is 9.86. The first-order valence-corrected chi connectivity index (χ1v) is 13.4. The Labute approximate surface area is 259 Å². The summed E-state index contributed by atoms with van der Waals surface area (Å²) in [4.78, 5) is 53.4. The van der Waals surface area contributed by atoms with Crippen LogP contribution in [0.2, 0.25) is 0 Å². The van der Waals surface area contributed by atoms with Gasteiger partial charge in [0.25, 0.3) is 11.8 Å². The van der Waals surface area contributed by atoms with Gasteiger partial charge in [0.15, 0.2) is 11.9 Å². The van der Waals surface area contributed by atoms with Crippen molar-refractivity contribution >= 4 is 52.1 Å². The van der Waals surface area contributed by atoms with E-state index in [1.807, 2.05) is 26.8 Å². The predicted octanol–water partition coefficient (Wildman–Crippen LogP) is 3.44. The molecule has 0 fully saturated rings. The number of rotatable bonds is 9. The van der Waals surface area contributed by atoms with E-state index in [9.17, 15) is 29.5 Å². The number of nitrogens with one attached hydrogen (secondary N) is 2. The van der Waals surface area contributed by atoms with E-state index in [4.69, 9.17) is 14.9 Å². The summed E-state index contributed by atoms with van der Waals surface area (Å²) in [5.41, 5.74) is 2.03. The third-order valence-electron chi connectivity index (χ3n) is 7.12. The molecular formula is C30H34BrN5O7. The van der Waals surface area contributed by atoms with Crippen LogP contribution in [-0.2, 0) is 21.5 Å². The number of carbonyl (C=O) groups excluding carboxylic acids is 3. The van der Waals surface area contributed by atoms with Crippen LogP contribution in [-0.4, -0.2) is 72.3 Å². The highest BCUT2D eigenvalue weighted by Crippen LogP contribution is 2.44. The van der Waals surface area contributed by atoms with Crippen LogP contribution in [0, 0.1) is 16.7 Å². The van der Waals surface area contributed by atoms with Crippen LogP contribution in [0.15, 0.2) is 24.3 Å². The number of carbonyl (C=O) groups is 4. The maximum Gasteiger partial charge on any atom is 0.307 e. The van der Waals surface area contributed by atoms with Crippen LogP contribution >= 0.6 is 17.0 Å². The minimum Gasteiger partial charge on any atom is -0.493 e. The lowest BCUT2D eigenvalue weighted by atomic mass is 9.83. The van der Waals surface area contributed by atoms with Crippen molar-refractivity contribution in [2.75, 3.05) is 31.6 Å². The molecule has 2 aliphatic heterocycles. The molecule has 2 heterocycles. The Balaban J connectivity index is 0.00000506. The standard InChI is InChI=1S/C30H33N5O7.BrH/c1-6-41-23-11-17-14-34(27(32)18(17)12-19(23)28(39)33-5)15-22(36)16-9-20(30(2,3)4)26-21(10-16)35(8-7-31)29(40)24(42-26)13-25(37)38;/h9-12,24,32H,6,8,13-15H2,1-5H3,(H,33,39)(H,37,38);1H. The van der Waals surface area contributed by atoms with Crippen molar-refractivity contribution in [1.82, 2.24) is 10.2 Å². The van der Waals surface area contributed by atoms with Gasteiger partial charge in [0.1, 0.15) is 23.9 Å². The number of hydrogen-bond donors (Lipinski definition) is 3. The molecule has 1 unspecified atom stereocenters. The van der Waals surface area contributed by atoms with Gasteiger partial charge in [-0.2, -0.15) is 5.26 Å². The van der Waals surface area contributed by atoms with Gasteiger partial charge in [-0.05, 0) is 42.2 Å². The molecule has 1 atom stereocenters. The zero-order valence-electron chi connectivity index (χ0n) is 24.6. The number of amides is 2. The van der Waals surface area contributed by atoms with E-state index < -0.39 is 29.8 Å². The number of ether oxygens (including phenoxy) is 2. The smallest absolute Gasteiger partial charge is 0.307 e. The first kappa shape index (κ1) is 33.1. The van der Waals surface area contributed by atoms with Gasteiger partial charge in [0.05, 0.1) is 36.9 Å². The summed E-state index contributed by atoms with van der Waals surface area (Å²) in [5, 5.41) is 30.1. The first-order valence-electron chi connectivity index (χ1n) is 13.4. The minimum absolute atomic E-state index is 0. The van der Waals surface area contributed by atoms with Crippen LogP contribution < -0.4 is 19.7 Å². The van der Waals surface area contributed by atoms with Gasteiger partial charge in [0, 0.05) is 30.3 Å². The Morgan fingerprint density at radius 3 is 2.51 bits per heavy atom. The summed E-state index contributed by atoms with van der Waals surface area (Å²) in [6.07, 6.45) is -1.88. The van der Waals surface area contributed by atoms with Gasteiger partial charge in [0.2, 0.25) is 0 Å². The van der Waals surface area contributed by atoms with E-state index in [1.54, 1.807) is 30.0 Å². The monoisotopic (exact) mass is 655 g/mol. The van der Waals surface area contributed by atoms with Gasteiger partial charge in [-0.15, -0.1) is 17.0 Å². The second-order valence-corrected chi connectivity index (χ2v) is 11.1. The molecule has 43 heavy (non-hydrogen) atoms. The number of fused-ring (bicyclic) bond motifs is 2. The number of Topliss-reactive ketones (excluding diaryl/α,β-unsaturated/α-hetero) is 1. The number of nitriles is 1. The maximum atomic E-state index is 13.7. The predicted molar refractivity (Wildman–Crippen MR) is 163 cm³/mol. The van der Waals surface area contributed by atoms with Crippen LogP contribution in [0.25, 0.3) is 0 Å². The van der Waals surface area contributed by atoms with Crippen molar-refractivity contribution in [3.8, 4) is 17.6 Å². The fraction of sp³-hybridized carbons (Fsp3) is 0.400. The van der Waals surface area contributed by atoms with Gasteiger partial charge < -0.3 is 24.8 Å². The van der Waals surface area contributed by atoms with Crippen molar-refractivity contribution in [2.45, 2.75) is 52.2 Å². The van der Waals surface area contributed by atoms with Gasteiger partial charge in [-0.1, -0.05) is 20.8 Å². The summed E-state index contributed by atoms with van der Waals surface area (Å²) in [7, 11) is 1.51. The number of hydrogen-bond acceptors (Lipinski definition) is 8. The molecule has 3 N–H and O–H groups in total. The molecule has 13 heteroatoms. The third-order valence-corrected chi connectivity index (χ3v) is 7.12. The highest BCUT2D eigenvalue weighted by molar-refractivity contribution is 8.93.